The standard InChI is InChI=1S/C17H21ClN6O/c1-10(2)24-9-20-14-15(21-13-6-4-5-12(18)7-13)22-17(23-16(14)24)19-8-11(3)25/h4-7,9-11,25H,8H2,1-3H3,(H2,19,21,22,23). The lowest BCUT2D eigenvalue weighted by Gasteiger charge is -2.12. The quantitative estimate of drug-likeness (QED) is 0.622. The Kier molecular flexibility index (Phi) is 5.06. The Morgan fingerprint density at radius 1 is 1.24 bits per heavy atom. The highest BCUT2D eigenvalue weighted by Crippen LogP contribution is 2.27. The smallest absolute Gasteiger partial charge is 0.226 e. The first-order chi connectivity index (χ1) is 11.9. The van der Waals surface area contributed by atoms with E-state index in [1.165, 1.54) is 0 Å². The van der Waals surface area contributed by atoms with Gasteiger partial charge in [0.15, 0.2) is 17.0 Å². The van der Waals surface area contributed by atoms with Crippen LogP contribution in [0.25, 0.3) is 11.2 Å². The molecule has 8 heteroatoms. The first kappa shape index (κ1) is 17.4. The van der Waals surface area contributed by atoms with Crippen LogP contribution in [-0.4, -0.2) is 37.3 Å². The van der Waals surface area contributed by atoms with E-state index in [0.29, 0.717) is 28.9 Å². The summed E-state index contributed by atoms with van der Waals surface area (Å²) in [5, 5.41) is 16.4. The highest BCUT2D eigenvalue weighted by Gasteiger charge is 2.15. The van der Waals surface area contributed by atoms with Gasteiger partial charge in [-0.1, -0.05) is 17.7 Å². The van der Waals surface area contributed by atoms with Gasteiger partial charge in [-0.15, -0.1) is 0 Å². The molecule has 0 aliphatic heterocycles. The third-order valence-electron chi connectivity index (χ3n) is 3.62. The monoisotopic (exact) mass is 360 g/mol. The summed E-state index contributed by atoms with van der Waals surface area (Å²) in [6.45, 7) is 6.19. The van der Waals surface area contributed by atoms with Crippen molar-refractivity contribution in [2.75, 3.05) is 17.2 Å². The van der Waals surface area contributed by atoms with E-state index in [-0.39, 0.29) is 6.04 Å². The van der Waals surface area contributed by atoms with Gasteiger partial charge in [0.25, 0.3) is 0 Å². The number of nitrogens with zero attached hydrogens (tertiary/aromatic N) is 4. The van der Waals surface area contributed by atoms with E-state index in [1.54, 1.807) is 13.3 Å². The molecule has 7 nitrogen and oxygen atoms in total. The lowest BCUT2D eigenvalue weighted by atomic mass is 10.3. The molecule has 2 heterocycles. The van der Waals surface area contributed by atoms with Crippen LogP contribution in [0, 0.1) is 0 Å². The highest BCUT2D eigenvalue weighted by atomic mass is 35.5. The number of anilines is 3. The molecule has 0 radical (unpaired) electrons. The molecule has 0 amide bonds. The van der Waals surface area contributed by atoms with Crippen molar-refractivity contribution in [2.45, 2.75) is 32.9 Å². The predicted octanol–water partition coefficient (Wildman–Crippen LogP) is 3.60. The molecule has 0 aliphatic rings. The topological polar surface area (TPSA) is 87.9 Å². The fourth-order valence-corrected chi connectivity index (χ4v) is 2.59. The molecule has 3 rings (SSSR count). The average molecular weight is 361 g/mol. The van der Waals surface area contributed by atoms with Crippen LogP contribution in [0.1, 0.15) is 26.8 Å². The Hall–Kier alpha value is -2.38. The normalized spacial score (nSPS) is 12.6. The third kappa shape index (κ3) is 4.00. The molecule has 3 N–H and O–H groups in total. The maximum Gasteiger partial charge on any atom is 0.226 e. The van der Waals surface area contributed by atoms with Crippen LogP contribution in [0.4, 0.5) is 17.5 Å². The lowest BCUT2D eigenvalue weighted by molar-refractivity contribution is 0.208. The molecule has 0 saturated carbocycles. The molecular weight excluding hydrogens is 340 g/mol. The van der Waals surface area contributed by atoms with E-state index in [4.69, 9.17) is 11.6 Å². The second-order valence-electron chi connectivity index (χ2n) is 6.18. The Morgan fingerprint density at radius 3 is 2.72 bits per heavy atom. The largest absolute Gasteiger partial charge is 0.392 e. The van der Waals surface area contributed by atoms with E-state index in [2.05, 4.69) is 39.4 Å². The zero-order chi connectivity index (χ0) is 18.0. The number of fused-ring (bicyclic) bond motifs is 1. The molecule has 0 bridgehead atoms. The number of halogens is 1. The van der Waals surface area contributed by atoms with Gasteiger partial charge in [0, 0.05) is 23.3 Å². The fraction of sp³-hybridized carbons (Fsp3) is 0.353. The summed E-state index contributed by atoms with van der Waals surface area (Å²) in [4.78, 5) is 13.5. The van der Waals surface area contributed by atoms with Crippen LogP contribution >= 0.6 is 11.6 Å². The summed E-state index contributed by atoms with van der Waals surface area (Å²) < 4.78 is 1.98. The Bertz CT molecular complexity index is 877. The number of aliphatic hydroxyl groups excluding tert-OH is 1. The molecule has 1 unspecified atom stereocenters. The number of benzene rings is 1. The van der Waals surface area contributed by atoms with Gasteiger partial charge in [-0.05, 0) is 39.0 Å². The fourth-order valence-electron chi connectivity index (χ4n) is 2.40. The van der Waals surface area contributed by atoms with Gasteiger partial charge in [-0.2, -0.15) is 9.97 Å². The van der Waals surface area contributed by atoms with Crippen molar-refractivity contribution in [3.8, 4) is 0 Å². The van der Waals surface area contributed by atoms with Gasteiger partial charge in [-0.3, -0.25) is 0 Å². The molecule has 0 fully saturated rings. The molecule has 25 heavy (non-hydrogen) atoms. The molecule has 1 aromatic carbocycles. The van der Waals surface area contributed by atoms with E-state index in [0.717, 1.165) is 11.3 Å². The van der Waals surface area contributed by atoms with Gasteiger partial charge in [0.1, 0.15) is 0 Å². The molecular formula is C17H21ClN6O. The second kappa shape index (κ2) is 7.25. The summed E-state index contributed by atoms with van der Waals surface area (Å²) in [7, 11) is 0. The zero-order valence-corrected chi connectivity index (χ0v) is 15.1. The van der Waals surface area contributed by atoms with Crippen molar-refractivity contribution in [1.29, 1.82) is 0 Å². The summed E-state index contributed by atoms with van der Waals surface area (Å²) in [5.41, 5.74) is 2.21. The van der Waals surface area contributed by atoms with Gasteiger partial charge >= 0.3 is 0 Å². The van der Waals surface area contributed by atoms with Crippen LogP contribution < -0.4 is 10.6 Å². The van der Waals surface area contributed by atoms with Crippen molar-refractivity contribution in [3.63, 3.8) is 0 Å². The van der Waals surface area contributed by atoms with E-state index < -0.39 is 6.10 Å². The van der Waals surface area contributed by atoms with Crippen molar-refractivity contribution >= 4 is 40.2 Å². The van der Waals surface area contributed by atoms with Gasteiger partial charge < -0.3 is 20.3 Å². The number of imidazole rings is 1. The van der Waals surface area contributed by atoms with Gasteiger partial charge in [-0.25, -0.2) is 4.98 Å². The highest BCUT2D eigenvalue weighted by molar-refractivity contribution is 6.30. The minimum atomic E-state index is -0.501. The van der Waals surface area contributed by atoms with Crippen molar-refractivity contribution < 1.29 is 5.11 Å². The molecule has 1 atom stereocenters. The maximum atomic E-state index is 9.50. The summed E-state index contributed by atoms with van der Waals surface area (Å²) in [6, 6.07) is 7.61. The minimum absolute atomic E-state index is 0.212. The second-order valence-corrected chi connectivity index (χ2v) is 6.62. The maximum absolute atomic E-state index is 9.50. The van der Waals surface area contributed by atoms with Gasteiger partial charge in [0.05, 0.1) is 12.4 Å². The molecule has 0 aliphatic carbocycles. The number of aromatic nitrogens is 4. The summed E-state index contributed by atoms with van der Waals surface area (Å²) in [5.74, 6) is 1.01. The predicted molar refractivity (Wildman–Crippen MR) is 101 cm³/mol. The third-order valence-corrected chi connectivity index (χ3v) is 3.86. The molecule has 2 aromatic heterocycles. The van der Waals surface area contributed by atoms with Crippen molar-refractivity contribution in [3.05, 3.63) is 35.6 Å². The van der Waals surface area contributed by atoms with Crippen LogP contribution in [0.5, 0.6) is 0 Å². The zero-order valence-electron chi connectivity index (χ0n) is 14.4. The van der Waals surface area contributed by atoms with Crippen LogP contribution in [-0.2, 0) is 0 Å². The molecule has 0 spiro atoms. The molecule has 132 valence electrons. The Morgan fingerprint density at radius 2 is 2.04 bits per heavy atom. The first-order valence-corrected chi connectivity index (χ1v) is 8.51. The Balaban J connectivity index is 2.05. The van der Waals surface area contributed by atoms with Crippen LogP contribution in [0.2, 0.25) is 5.02 Å². The number of rotatable bonds is 6. The van der Waals surface area contributed by atoms with Crippen LogP contribution in [0.15, 0.2) is 30.6 Å². The van der Waals surface area contributed by atoms with E-state index in [1.807, 2.05) is 28.8 Å². The number of nitrogens with one attached hydrogen (secondary N) is 2. The van der Waals surface area contributed by atoms with Crippen molar-refractivity contribution in [2.24, 2.45) is 0 Å². The summed E-state index contributed by atoms with van der Waals surface area (Å²) in [6.07, 6.45) is 1.25. The number of hydrogen-bond acceptors (Lipinski definition) is 6. The average Bonchev–Trinajstić information content (AvgIpc) is 2.97. The first-order valence-electron chi connectivity index (χ1n) is 8.13. The SMILES string of the molecule is CC(O)CNc1nc(Nc2cccc(Cl)c2)c2ncn(C(C)C)c2n1. The number of hydrogen-bond donors (Lipinski definition) is 3. The Labute approximate surface area is 151 Å². The van der Waals surface area contributed by atoms with E-state index in [9.17, 15) is 5.11 Å². The number of aliphatic hydroxyl groups is 1. The lowest BCUT2D eigenvalue weighted by Crippen LogP contribution is -2.17. The van der Waals surface area contributed by atoms with Crippen molar-refractivity contribution in [1.82, 2.24) is 19.5 Å². The summed E-state index contributed by atoms with van der Waals surface area (Å²) >= 11 is 6.06. The van der Waals surface area contributed by atoms with Gasteiger partial charge in [0.2, 0.25) is 5.95 Å². The van der Waals surface area contributed by atoms with Crippen LogP contribution in [0.3, 0.4) is 0 Å². The van der Waals surface area contributed by atoms with E-state index >= 15 is 0 Å². The molecule has 3 aromatic rings. The molecule has 0 saturated heterocycles. The minimum Gasteiger partial charge on any atom is -0.392 e.